The standard InChI is InChI=1S/C13H21N3O2S/c1-10(2)16-7-6-12(9-16)15-11-4-5-13(14-8-11)19(3,17)18/h4-5,8,10,12,15H,6-7,9H2,1-3H3. The van der Waals surface area contributed by atoms with Gasteiger partial charge in [-0.2, -0.15) is 0 Å². The molecule has 106 valence electrons. The fourth-order valence-electron chi connectivity index (χ4n) is 2.29. The number of nitrogens with zero attached hydrogens (tertiary/aromatic N) is 2. The highest BCUT2D eigenvalue weighted by molar-refractivity contribution is 7.90. The van der Waals surface area contributed by atoms with Gasteiger partial charge in [-0.3, -0.25) is 4.90 Å². The Morgan fingerprint density at radius 3 is 2.63 bits per heavy atom. The van der Waals surface area contributed by atoms with Gasteiger partial charge in [0.25, 0.3) is 0 Å². The molecule has 0 saturated carbocycles. The van der Waals surface area contributed by atoms with E-state index in [0.717, 1.165) is 25.2 Å². The molecule has 0 bridgehead atoms. The van der Waals surface area contributed by atoms with Gasteiger partial charge in [-0.25, -0.2) is 13.4 Å². The zero-order valence-corrected chi connectivity index (χ0v) is 12.4. The van der Waals surface area contributed by atoms with Gasteiger partial charge in [0, 0.05) is 31.4 Å². The molecule has 1 fully saturated rings. The number of hydrogen-bond donors (Lipinski definition) is 1. The lowest BCUT2D eigenvalue weighted by atomic mass is 10.2. The van der Waals surface area contributed by atoms with Crippen molar-refractivity contribution in [2.45, 2.75) is 37.4 Å². The van der Waals surface area contributed by atoms with Crippen LogP contribution >= 0.6 is 0 Å². The van der Waals surface area contributed by atoms with Crippen LogP contribution < -0.4 is 5.32 Å². The molecule has 1 aromatic rings. The van der Waals surface area contributed by atoms with Crippen LogP contribution in [0, 0.1) is 0 Å². The molecule has 2 heterocycles. The number of nitrogens with one attached hydrogen (secondary N) is 1. The van der Waals surface area contributed by atoms with E-state index < -0.39 is 9.84 Å². The third-order valence-corrected chi connectivity index (χ3v) is 4.44. The van der Waals surface area contributed by atoms with Crippen molar-refractivity contribution in [3.8, 4) is 0 Å². The predicted molar refractivity (Wildman–Crippen MR) is 76.1 cm³/mol. The number of rotatable bonds is 4. The van der Waals surface area contributed by atoms with E-state index in [1.807, 2.05) is 0 Å². The molecule has 0 radical (unpaired) electrons. The van der Waals surface area contributed by atoms with E-state index >= 15 is 0 Å². The Balaban J connectivity index is 1.98. The van der Waals surface area contributed by atoms with Crippen molar-refractivity contribution >= 4 is 15.5 Å². The number of hydrogen-bond acceptors (Lipinski definition) is 5. The summed E-state index contributed by atoms with van der Waals surface area (Å²) in [5.41, 5.74) is 0.878. The van der Waals surface area contributed by atoms with Crippen molar-refractivity contribution in [2.24, 2.45) is 0 Å². The zero-order chi connectivity index (χ0) is 14.0. The zero-order valence-electron chi connectivity index (χ0n) is 11.6. The monoisotopic (exact) mass is 283 g/mol. The number of aromatic nitrogens is 1. The molecule has 1 aliphatic heterocycles. The Morgan fingerprint density at radius 2 is 2.16 bits per heavy atom. The molecule has 2 rings (SSSR count). The fraction of sp³-hybridized carbons (Fsp3) is 0.615. The van der Waals surface area contributed by atoms with Crippen molar-refractivity contribution in [1.82, 2.24) is 9.88 Å². The molecule has 0 aromatic carbocycles. The van der Waals surface area contributed by atoms with Crippen LogP contribution in [0.2, 0.25) is 0 Å². The van der Waals surface area contributed by atoms with Crippen LogP contribution in [0.3, 0.4) is 0 Å². The van der Waals surface area contributed by atoms with E-state index in [1.165, 1.54) is 6.26 Å². The van der Waals surface area contributed by atoms with E-state index in [2.05, 4.69) is 29.0 Å². The van der Waals surface area contributed by atoms with Crippen LogP contribution in [-0.4, -0.2) is 49.7 Å². The first-order chi connectivity index (χ1) is 8.86. The average Bonchev–Trinajstić information content (AvgIpc) is 2.77. The lowest BCUT2D eigenvalue weighted by Gasteiger charge is -2.20. The first-order valence-electron chi connectivity index (χ1n) is 6.53. The maximum absolute atomic E-state index is 11.3. The summed E-state index contributed by atoms with van der Waals surface area (Å²) >= 11 is 0. The highest BCUT2D eigenvalue weighted by Crippen LogP contribution is 2.18. The van der Waals surface area contributed by atoms with Crippen LogP contribution in [-0.2, 0) is 9.84 Å². The second-order valence-electron chi connectivity index (χ2n) is 5.38. The van der Waals surface area contributed by atoms with E-state index in [0.29, 0.717) is 12.1 Å². The third-order valence-electron chi connectivity index (χ3n) is 3.44. The van der Waals surface area contributed by atoms with E-state index in [4.69, 9.17) is 0 Å². The Labute approximate surface area is 114 Å². The molecule has 1 unspecified atom stereocenters. The second kappa shape index (κ2) is 5.46. The van der Waals surface area contributed by atoms with Gasteiger partial charge in [0.05, 0.1) is 11.9 Å². The van der Waals surface area contributed by atoms with E-state index in [9.17, 15) is 8.42 Å². The lowest BCUT2D eigenvalue weighted by Crippen LogP contribution is -2.31. The summed E-state index contributed by atoms with van der Waals surface area (Å²) in [7, 11) is -3.21. The van der Waals surface area contributed by atoms with Crippen molar-refractivity contribution in [1.29, 1.82) is 0 Å². The Bertz CT molecular complexity index is 525. The highest BCUT2D eigenvalue weighted by atomic mass is 32.2. The van der Waals surface area contributed by atoms with Crippen molar-refractivity contribution in [2.75, 3.05) is 24.7 Å². The van der Waals surface area contributed by atoms with Gasteiger partial charge in [0.15, 0.2) is 14.9 Å². The molecule has 6 heteroatoms. The van der Waals surface area contributed by atoms with Crippen molar-refractivity contribution in [3.63, 3.8) is 0 Å². The Kier molecular flexibility index (Phi) is 4.10. The Morgan fingerprint density at radius 1 is 1.42 bits per heavy atom. The summed E-state index contributed by atoms with van der Waals surface area (Å²) in [5.74, 6) is 0. The summed E-state index contributed by atoms with van der Waals surface area (Å²) in [5, 5.41) is 3.52. The van der Waals surface area contributed by atoms with Gasteiger partial charge in [-0.05, 0) is 32.4 Å². The lowest BCUT2D eigenvalue weighted by molar-refractivity contribution is 0.274. The minimum atomic E-state index is -3.21. The van der Waals surface area contributed by atoms with Gasteiger partial charge in [-0.1, -0.05) is 0 Å². The summed E-state index contributed by atoms with van der Waals surface area (Å²) in [6, 6.07) is 4.31. The van der Waals surface area contributed by atoms with Crippen LogP contribution in [0.4, 0.5) is 5.69 Å². The number of pyridine rings is 1. The summed E-state index contributed by atoms with van der Waals surface area (Å²) in [6.45, 7) is 6.52. The molecule has 1 aromatic heterocycles. The number of anilines is 1. The Hall–Kier alpha value is -1.14. The van der Waals surface area contributed by atoms with Crippen molar-refractivity contribution in [3.05, 3.63) is 18.3 Å². The highest BCUT2D eigenvalue weighted by Gasteiger charge is 2.23. The van der Waals surface area contributed by atoms with Crippen LogP contribution in [0.25, 0.3) is 0 Å². The quantitative estimate of drug-likeness (QED) is 0.904. The maximum Gasteiger partial charge on any atom is 0.192 e. The number of sulfone groups is 1. The molecule has 1 atom stereocenters. The average molecular weight is 283 g/mol. The summed E-state index contributed by atoms with van der Waals surface area (Å²) < 4.78 is 22.6. The molecule has 0 aliphatic carbocycles. The van der Waals surface area contributed by atoms with Gasteiger partial charge in [0.2, 0.25) is 0 Å². The number of likely N-dealkylation sites (tertiary alicyclic amines) is 1. The molecule has 0 amide bonds. The first kappa shape index (κ1) is 14.3. The minimum Gasteiger partial charge on any atom is -0.380 e. The molecule has 1 saturated heterocycles. The van der Waals surface area contributed by atoms with Crippen LogP contribution in [0.15, 0.2) is 23.4 Å². The molecule has 1 aliphatic rings. The fourth-order valence-corrected chi connectivity index (χ4v) is 2.85. The normalized spacial score (nSPS) is 20.9. The minimum absolute atomic E-state index is 0.119. The predicted octanol–water partition coefficient (Wildman–Crippen LogP) is 1.38. The summed E-state index contributed by atoms with van der Waals surface area (Å²) in [6.07, 6.45) is 3.86. The summed E-state index contributed by atoms with van der Waals surface area (Å²) in [4.78, 5) is 6.41. The van der Waals surface area contributed by atoms with Gasteiger partial charge < -0.3 is 5.32 Å². The smallest absolute Gasteiger partial charge is 0.192 e. The molecule has 5 nitrogen and oxygen atoms in total. The second-order valence-corrected chi connectivity index (χ2v) is 7.34. The molecular weight excluding hydrogens is 262 g/mol. The molecular formula is C13H21N3O2S. The van der Waals surface area contributed by atoms with Gasteiger partial charge in [0.1, 0.15) is 0 Å². The van der Waals surface area contributed by atoms with E-state index in [1.54, 1.807) is 18.3 Å². The molecule has 1 N–H and O–H groups in total. The molecule has 0 spiro atoms. The van der Waals surface area contributed by atoms with Crippen LogP contribution in [0.5, 0.6) is 0 Å². The SMILES string of the molecule is CC(C)N1CCC(Nc2ccc(S(C)(=O)=O)nc2)C1. The third kappa shape index (κ3) is 3.67. The van der Waals surface area contributed by atoms with Crippen LogP contribution in [0.1, 0.15) is 20.3 Å². The largest absolute Gasteiger partial charge is 0.380 e. The van der Waals surface area contributed by atoms with E-state index in [-0.39, 0.29) is 5.03 Å². The topological polar surface area (TPSA) is 62.3 Å². The van der Waals surface area contributed by atoms with Crippen molar-refractivity contribution < 1.29 is 8.42 Å². The first-order valence-corrected chi connectivity index (χ1v) is 8.42. The molecule has 19 heavy (non-hydrogen) atoms. The van der Waals surface area contributed by atoms with Gasteiger partial charge >= 0.3 is 0 Å². The maximum atomic E-state index is 11.3. The van der Waals surface area contributed by atoms with Gasteiger partial charge in [-0.15, -0.1) is 0 Å².